The van der Waals surface area contributed by atoms with Crippen LogP contribution in [0.4, 0.5) is 0 Å². The van der Waals surface area contributed by atoms with Gasteiger partial charge in [-0.05, 0) is 38.7 Å². The molecule has 1 heterocycles. The summed E-state index contributed by atoms with van der Waals surface area (Å²) in [7, 11) is 0. The third-order valence-corrected chi connectivity index (χ3v) is 5.15. The maximum atomic E-state index is 12.5. The van der Waals surface area contributed by atoms with E-state index < -0.39 is 17.7 Å². The second-order valence-electron chi connectivity index (χ2n) is 7.54. The Hall–Kier alpha value is -2.40. The van der Waals surface area contributed by atoms with Crippen molar-refractivity contribution in [3.8, 4) is 0 Å². The molecule has 1 saturated carbocycles. The molecule has 5 nitrogen and oxygen atoms in total. The first-order valence-electron chi connectivity index (χ1n) is 9.28. The molecule has 2 fully saturated rings. The lowest BCUT2D eigenvalue weighted by molar-refractivity contribution is -0.246. The Morgan fingerprint density at radius 1 is 1.04 bits per heavy atom. The zero-order valence-corrected chi connectivity index (χ0v) is 15.9. The maximum absolute atomic E-state index is 12.5. The molecule has 0 amide bonds. The summed E-state index contributed by atoms with van der Waals surface area (Å²) in [6.07, 6.45) is 3.00. The molecule has 2 aliphatic rings. The van der Waals surface area contributed by atoms with Crippen molar-refractivity contribution in [3.63, 3.8) is 0 Å². The van der Waals surface area contributed by atoms with E-state index in [-0.39, 0.29) is 35.7 Å². The number of carbonyl (C=O) groups is 2. The predicted molar refractivity (Wildman–Crippen MR) is 101 cm³/mol. The molecule has 0 bridgehead atoms. The topological polar surface area (TPSA) is 65.1 Å². The highest BCUT2D eigenvalue weighted by atomic mass is 16.7. The van der Waals surface area contributed by atoms with Crippen molar-refractivity contribution in [1.29, 1.82) is 0 Å². The van der Waals surface area contributed by atoms with Gasteiger partial charge in [0.15, 0.2) is 0 Å². The Morgan fingerprint density at radius 2 is 1.63 bits per heavy atom. The SMILES string of the molecule is C=C(C)C(=O)OC(Cc1ccccc1)(OC(=O)C(=C)C)C1CCC2OC2C1. The standard InChI is InChI=1S/C22H26O5/c1-14(2)20(23)26-22(27-21(24)15(3)4,13-16-8-6-5-7-9-16)17-10-11-18-19(12-17)25-18/h5-9,17-19H,1,3,10-13H2,2,4H3. The molecular formula is C22H26O5. The monoisotopic (exact) mass is 370 g/mol. The number of hydrogen-bond acceptors (Lipinski definition) is 5. The van der Waals surface area contributed by atoms with Gasteiger partial charge in [0, 0.05) is 17.1 Å². The van der Waals surface area contributed by atoms with Crippen LogP contribution in [0.5, 0.6) is 0 Å². The van der Waals surface area contributed by atoms with E-state index in [0.29, 0.717) is 6.42 Å². The molecule has 0 aromatic heterocycles. The number of fused-ring (bicyclic) bond motifs is 1. The number of ether oxygens (including phenoxy) is 3. The molecule has 1 aromatic carbocycles. The molecule has 1 aliphatic carbocycles. The van der Waals surface area contributed by atoms with E-state index >= 15 is 0 Å². The van der Waals surface area contributed by atoms with Gasteiger partial charge in [0.25, 0.3) is 5.79 Å². The van der Waals surface area contributed by atoms with Crippen molar-refractivity contribution in [1.82, 2.24) is 0 Å². The summed E-state index contributed by atoms with van der Waals surface area (Å²) in [6.45, 7) is 10.5. The van der Waals surface area contributed by atoms with E-state index in [1.54, 1.807) is 13.8 Å². The molecule has 3 atom stereocenters. The predicted octanol–water partition coefficient (Wildman–Crippen LogP) is 3.73. The summed E-state index contributed by atoms with van der Waals surface area (Å²) >= 11 is 0. The average molecular weight is 370 g/mol. The highest BCUT2D eigenvalue weighted by Gasteiger charge is 2.54. The van der Waals surface area contributed by atoms with Gasteiger partial charge in [0.05, 0.1) is 18.6 Å². The lowest BCUT2D eigenvalue weighted by Crippen LogP contribution is -2.50. The van der Waals surface area contributed by atoms with Crippen LogP contribution in [0.25, 0.3) is 0 Å². The number of benzene rings is 1. The zero-order valence-electron chi connectivity index (χ0n) is 15.9. The van der Waals surface area contributed by atoms with E-state index in [9.17, 15) is 9.59 Å². The molecule has 144 valence electrons. The summed E-state index contributed by atoms with van der Waals surface area (Å²) in [5.74, 6) is -2.71. The van der Waals surface area contributed by atoms with Crippen LogP contribution < -0.4 is 0 Å². The van der Waals surface area contributed by atoms with Gasteiger partial charge < -0.3 is 14.2 Å². The van der Waals surface area contributed by atoms with E-state index in [1.807, 2.05) is 30.3 Å². The number of hydrogen-bond donors (Lipinski definition) is 0. The smallest absolute Gasteiger partial charge is 0.336 e. The van der Waals surface area contributed by atoms with Gasteiger partial charge >= 0.3 is 11.9 Å². The number of carbonyl (C=O) groups excluding carboxylic acids is 2. The van der Waals surface area contributed by atoms with Crippen LogP contribution in [0.15, 0.2) is 54.6 Å². The van der Waals surface area contributed by atoms with Gasteiger partial charge in [-0.1, -0.05) is 43.5 Å². The normalized spacial score (nSPS) is 23.7. The van der Waals surface area contributed by atoms with Crippen LogP contribution in [0, 0.1) is 5.92 Å². The highest BCUT2D eigenvalue weighted by molar-refractivity contribution is 5.89. The van der Waals surface area contributed by atoms with Crippen molar-refractivity contribution >= 4 is 11.9 Å². The summed E-state index contributed by atoms with van der Waals surface area (Å²) in [5.41, 5.74) is 1.44. The fourth-order valence-corrected chi connectivity index (χ4v) is 3.58. The third kappa shape index (κ3) is 4.48. The largest absolute Gasteiger partial charge is 0.418 e. The molecule has 0 N–H and O–H groups in total. The Bertz CT molecular complexity index is 723. The molecular weight excluding hydrogens is 344 g/mol. The molecule has 0 radical (unpaired) electrons. The first-order valence-corrected chi connectivity index (χ1v) is 9.28. The van der Waals surface area contributed by atoms with Crippen LogP contribution in [-0.4, -0.2) is 29.9 Å². The van der Waals surface area contributed by atoms with Crippen molar-refractivity contribution in [2.45, 2.75) is 57.5 Å². The van der Waals surface area contributed by atoms with Gasteiger partial charge in [0.1, 0.15) is 0 Å². The minimum absolute atomic E-state index is 0.144. The van der Waals surface area contributed by atoms with Crippen molar-refractivity contribution in [2.75, 3.05) is 0 Å². The number of epoxide rings is 1. The minimum Gasteiger partial charge on any atom is -0.418 e. The van der Waals surface area contributed by atoms with E-state index in [1.165, 1.54) is 0 Å². The molecule has 0 spiro atoms. The van der Waals surface area contributed by atoms with Gasteiger partial charge in [-0.3, -0.25) is 0 Å². The van der Waals surface area contributed by atoms with E-state index in [4.69, 9.17) is 14.2 Å². The average Bonchev–Trinajstić information content (AvgIpc) is 3.40. The molecule has 1 aliphatic heterocycles. The second kappa shape index (κ2) is 7.69. The van der Waals surface area contributed by atoms with Crippen molar-refractivity contribution < 1.29 is 23.8 Å². The third-order valence-electron chi connectivity index (χ3n) is 5.15. The summed E-state index contributed by atoms with van der Waals surface area (Å²) in [4.78, 5) is 24.9. The lowest BCUT2D eigenvalue weighted by atomic mass is 9.80. The van der Waals surface area contributed by atoms with Crippen molar-refractivity contribution in [3.05, 3.63) is 60.2 Å². The number of rotatable bonds is 7. The van der Waals surface area contributed by atoms with Gasteiger partial charge in [-0.15, -0.1) is 0 Å². The van der Waals surface area contributed by atoms with Crippen LogP contribution >= 0.6 is 0 Å². The molecule has 1 aromatic rings. The van der Waals surface area contributed by atoms with Gasteiger partial charge in [-0.2, -0.15) is 0 Å². The molecule has 5 heteroatoms. The summed E-state index contributed by atoms with van der Waals surface area (Å²) in [6, 6.07) is 9.58. The van der Waals surface area contributed by atoms with Crippen LogP contribution in [0.1, 0.15) is 38.7 Å². The maximum Gasteiger partial charge on any atom is 0.336 e. The first kappa shape index (κ1) is 19.4. The Labute approximate surface area is 160 Å². The highest BCUT2D eigenvalue weighted by Crippen LogP contribution is 2.46. The fourth-order valence-electron chi connectivity index (χ4n) is 3.58. The minimum atomic E-state index is -1.41. The van der Waals surface area contributed by atoms with E-state index in [2.05, 4.69) is 13.2 Å². The Morgan fingerprint density at radius 3 is 2.15 bits per heavy atom. The molecule has 27 heavy (non-hydrogen) atoms. The molecule has 3 rings (SSSR count). The lowest BCUT2D eigenvalue weighted by Gasteiger charge is -2.40. The van der Waals surface area contributed by atoms with E-state index in [0.717, 1.165) is 18.4 Å². The Kier molecular flexibility index (Phi) is 5.51. The van der Waals surface area contributed by atoms with Gasteiger partial charge in [-0.25, -0.2) is 9.59 Å². The van der Waals surface area contributed by atoms with Crippen LogP contribution in [-0.2, 0) is 30.2 Å². The zero-order chi connectivity index (χ0) is 19.6. The van der Waals surface area contributed by atoms with Crippen molar-refractivity contribution in [2.24, 2.45) is 5.92 Å². The molecule has 1 saturated heterocycles. The van der Waals surface area contributed by atoms with Crippen LogP contribution in [0.2, 0.25) is 0 Å². The summed E-state index contributed by atoms with van der Waals surface area (Å²) in [5, 5.41) is 0. The van der Waals surface area contributed by atoms with Gasteiger partial charge in [0.2, 0.25) is 0 Å². The number of esters is 2. The van der Waals surface area contributed by atoms with Crippen LogP contribution in [0.3, 0.4) is 0 Å². The second-order valence-corrected chi connectivity index (χ2v) is 7.54. The fraction of sp³-hybridized carbons (Fsp3) is 0.455. The first-order chi connectivity index (χ1) is 12.8. The quantitative estimate of drug-likeness (QED) is 0.317. The Balaban J connectivity index is 1.97. The summed E-state index contributed by atoms with van der Waals surface area (Å²) < 4.78 is 17.3. The molecule has 3 unspecified atom stereocenters.